The van der Waals surface area contributed by atoms with E-state index in [4.69, 9.17) is 23.2 Å². The summed E-state index contributed by atoms with van der Waals surface area (Å²) >= 11 is 15.0. The minimum atomic E-state index is 0.766. The highest BCUT2D eigenvalue weighted by Crippen LogP contribution is 2.52. The Morgan fingerprint density at radius 3 is 1.54 bits per heavy atom. The Kier molecular flexibility index (Phi) is 4.38. The summed E-state index contributed by atoms with van der Waals surface area (Å²) in [6.07, 6.45) is 5.05. The van der Waals surface area contributed by atoms with Gasteiger partial charge in [0.25, 0.3) is 0 Å². The zero-order valence-corrected chi connectivity index (χ0v) is 16.9. The topological polar surface area (TPSA) is 18.5 Å². The summed E-state index contributed by atoms with van der Waals surface area (Å²) < 4.78 is 0. The summed E-state index contributed by atoms with van der Waals surface area (Å²) in [5, 5.41) is 5.02. The minimum Gasteiger partial charge on any atom is -0.371 e. The zero-order chi connectivity index (χ0) is 17.7. The van der Waals surface area contributed by atoms with E-state index < -0.39 is 0 Å². The molecule has 0 unspecified atom stereocenters. The number of rotatable bonds is 2. The van der Waals surface area contributed by atoms with E-state index in [1.807, 2.05) is 0 Å². The lowest BCUT2D eigenvalue weighted by Crippen LogP contribution is -2.18. The molecule has 0 spiro atoms. The lowest BCUT2D eigenvalue weighted by Gasteiger charge is -2.27. The third-order valence-corrected chi connectivity index (χ3v) is 7.17. The quantitative estimate of drug-likeness (QED) is 0.530. The number of halogens is 2. The van der Waals surface area contributed by atoms with Crippen LogP contribution >= 0.6 is 35.0 Å². The summed E-state index contributed by atoms with van der Waals surface area (Å²) in [6.45, 7) is 4.48. The standard InChI is InChI=1S/C20H21Cl2N3S/c21-15-9-13(24-5-1-2-6-24)11-17-19(15)23-20-16(22)10-14(12-18(20)26-17)25-7-3-4-8-25/h9-12,23H,1-8H2. The van der Waals surface area contributed by atoms with Gasteiger partial charge < -0.3 is 15.1 Å². The average Bonchev–Trinajstić information content (AvgIpc) is 3.34. The molecule has 3 aliphatic rings. The van der Waals surface area contributed by atoms with Crippen LogP contribution in [-0.2, 0) is 0 Å². The van der Waals surface area contributed by atoms with Gasteiger partial charge in [-0.3, -0.25) is 0 Å². The molecular formula is C20H21Cl2N3S. The van der Waals surface area contributed by atoms with Crippen LogP contribution in [-0.4, -0.2) is 26.2 Å². The fourth-order valence-electron chi connectivity index (χ4n) is 4.10. The van der Waals surface area contributed by atoms with Gasteiger partial charge in [0, 0.05) is 47.3 Å². The van der Waals surface area contributed by atoms with Crippen LogP contribution in [0.4, 0.5) is 22.7 Å². The molecule has 2 aromatic carbocycles. The van der Waals surface area contributed by atoms with E-state index in [2.05, 4.69) is 39.4 Å². The van der Waals surface area contributed by atoms with Crippen molar-refractivity contribution in [2.75, 3.05) is 41.3 Å². The van der Waals surface area contributed by atoms with E-state index in [1.54, 1.807) is 11.8 Å². The molecule has 1 N–H and O–H groups in total. The Morgan fingerprint density at radius 2 is 1.12 bits per heavy atom. The van der Waals surface area contributed by atoms with Crippen molar-refractivity contribution in [2.24, 2.45) is 0 Å². The second-order valence-corrected chi connectivity index (χ2v) is 9.12. The van der Waals surface area contributed by atoms with Crippen molar-refractivity contribution in [3.05, 3.63) is 34.3 Å². The Morgan fingerprint density at radius 1 is 0.692 bits per heavy atom. The Labute approximate surface area is 168 Å². The summed E-state index contributed by atoms with van der Waals surface area (Å²) in [5.41, 5.74) is 4.41. The lowest BCUT2D eigenvalue weighted by molar-refractivity contribution is 0.949. The van der Waals surface area contributed by atoms with E-state index in [-0.39, 0.29) is 0 Å². The number of anilines is 4. The van der Waals surface area contributed by atoms with E-state index in [9.17, 15) is 0 Å². The Hall–Kier alpha value is -1.23. The molecule has 2 aromatic rings. The molecule has 26 heavy (non-hydrogen) atoms. The maximum Gasteiger partial charge on any atom is 0.0717 e. The molecule has 0 aromatic heterocycles. The van der Waals surface area contributed by atoms with Crippen molar-refractivity contribution in [2.45, 2.75) is 35.5 Å². The van der Waals surface area contributed by atoms with Gasteiger partial charge in [-0.1, -0.05) is 35.0 Å². The summed E-state index contributed by atoms with van der Waals surface area (Å²) in [7, 11) is 0. The molecular weight excluding hydrogens is 385 g/mol. The number of benzene rings is 2. The predicted molar refractivity (Wildman–Crippen MR) is 113 cm³/mol. The van der Waals surface area contributed by atoms with Crippen LogP contribution in [0.25, 0.3) is 0 Å². The highest BCUT2D eigenvalue weighted by Gasteiger charge is 2.25. The fourth-order valence-corrected chi connectivity index (χ4v) is 5.85. The number of nitrogens with zero attached hydrogens (tertiary/aromatic N) is 2. The molecule has 2 saturated heterocycles. The van der Waals surface area contributed by atoms with Crippen LogP contribution in [0.3, 0.4) is 0 Å². The van der Waals surface area contributed by atoms with Crippen LogP contribution in [0.5, 0.6) is 0 Å². The van der Waals surface area contributed by atoms with Gasteiger partial charge in [0.05, 0.1) is 21.4 Å². The summed E-state index contributed by atoms with van der Waals surface area (Å²) in [4.78, 5) is 7.22. The monoisotopic (exact) mass is 405 g/mol. The van der Waals surface area contributed by atoms with Crippen LogP contribution in [0, 0.1) is 0 Å². The predicted octanol–water partition coefficient (Wildman–Crippen LogP) is 6.40. The smallest absolute Gasteiger partial charge is 0.0717 e. The van der Waals surface area contributed by atoms with E-state index in [0.717, 1.165) is 47.6 Å². The normalized spacial score (nSPS) is 18.7. The maximum atomic E-state index is 6.63. The van der Waals surface area contributed by atoms with Crippen LogP contribution < -0.4 is 15.1 Å². The molecule has 2 fully saturated rings. The summed E-state index contributed by atoms with van der Waals surface area (Å²) in [6, 6.07) is 8.70. The third kappa shape index (κ3) is 2.92. The van der Waals surface area contributed by atoms with Crippen LogP contribution in [0.2, 0.25) is 10.0 Å². The second kappa shape index (κ2) is 6.74. The van der Waals surface area contributed by atoms with Crippen molar-refractivity contribution >= 4 is 57.7 Å². The molecule has 0 aliphatic carbocycles. The molecule has 3 heterocycles. The van der Waals surface area contributed by atoms with E-state index in [0.29, 0.717) is 0 Å². The number of hydrogen-bond acceptors (Lipinski definition) is 4. The van der Waals surface area contributed by atoms with Gasteiger partial charge in [-0.05, 0) is 49.9 Å². The molecule has 0 saturated carbocycles. The summed E-state index contributed by atoms with van der Waals surface area (Å²) in [5.74, 6) is 0. The molecule has 5 rings (SSSR count). The largest absolute Gasteiger partial charge is 0.371 e. The molecule has 0 amide bonds. The molecule has 0 radical (unpaired) electrons. The van der Waals surface area contributed by atoms with Crippen molar-refractivity contribution < 1.29 is 0 Å². The highest BCUT2D eigenvalue weighted by atomic mass is 35.5. The Bertz CT molecular complexity index is 789. The van der Waals surface area contributed by atoms with Crippen molar-refractivity contribution in [3.8, 4) is 0 Å². The first kappa shape index (κ1) is 16.9. The first-order chi connectivity index (χ1) is 12.7. The van der Waals surface area contributed by atoms with Gasteiger partial charge in [-0.25, -0.2) is 0 Å². The molecule has 136 valence electrons. The van der Waals surface area contributed by atoms with Gasteiger partial charge in [0.1, 0.15) is 0 Å². The lowest BCUT2D eigenvalue weighted by atomic mass is 10.2. The Balaban J connectivity index is 1.52. The van der Waals surface area contributed by atoms with E-state index >= 15 is 0 Å². The fraction of sp³-hybridized carbons (Fsp3) is 0.400. The van der Waals surface area contributed by atoms with Gasteiger partial charge in [0.15, 0.2) is 0 Å². The van der Waals surface area contributed by atoms with E-state index in [1.165, 1.54) is 46.8 Å². The minimum absolute atomic E-state index is 0.766. The first-order valence-corrected chi connectivity index (χ1v) is 10.9. The number of fused-ring (bicyclic) bond motifs is 2. The van der Waals surface area contributed by atoms with Crippen molar-refractivity contribution in [1.29, 1.82) is 0 Å². The second-order valence-electron chi connectivity index (χ2n) is 7.22. The number of nitrogens with one attached hydrogen (secondary N) is 1. The molecule has 0 bridgehead atoms. The van der Waals surface area contributed by atoms with Gasteiger partial charge in [-0.2, -0.15) is 0 Å². The third-order valence-electron chi connectivity index (χ3n) is 5.49. The average molecular weight is 406 g/mol. The van der Waals surface area contributed by atoms with Gasteiger partial charge in [0.2, 0.25) is 0 Å². The molecule has 6 heteroatoms. The molecule has 0 atom stereocenters. The SMILES string of the molecule is Clc1cc(N2CCCC2)cc2c1Nc1c(Cl)cc(N3CCCC3)cc1S2. The van der Waals surface area contributed by atoms with Crippen LogP contribution in [0.1, 0.15) is 25.7 Å². The maximum absolute atomic E-state index is 6.63. The van der Waals surface area contributed by atoms with Gasteiger partial charge >= 0.3 is 0 Å². The van der Waals surface area contributed by atoms with Crippen molar-refractivity contribution in [1.82, 2.24) is 0 Å². The molecule has 3 nitrogen and oxygen atoms in total. The first-order valence-electron chi connectivity index (χ1n) is 9.31. The highest BCUT2D eigenvalue weighted by molar-refractivity contribution is 7.99. The number of hydrogen-bond donors (Lipinski definition) is 1. The molecule has 3 aliphatic heterocycles. The van der Waals surface area contributed by atoms with Crippen molar-refractivity contribution in [3.63, 3.8) is 0 Å². The zero-order valence-electron chi connectivity index (χ0n) is 14.5. The van der Waals surface area contributed by atoms with Crippen LogP contribution in [0.15, 0.2) is 34.1 Å². The van der Waals surface area contributed by atoms with Gasteiger partial charge in [-0.15, -0.1) is 0 Å².